The quantitative estimate of drug-likeness (QED) is 0.793. The molecule has 0 saturated heterocycles. The van der Waals surface area contributed by atoms with Gasteiger partial charge in [0, 0.05) is 17.6 Å². The number of benzene rings is 1. The summed E-state index contributed by atoms with van der Waals surface area (Å²) < 4.78 is 0. The van der Waals surface area contributed by atoms with E-state index in [1.165, 1.54) is 0 Å². The SMILES string of the molecule is CC(C)NC(=O)C(C)(C)C(=O)NCCc1ccc(Cl)cc1. The highest BCUT2D eigenvalue weighted by Crippen LogP contribution is 2.16. The van der Waals surface area contributed by atoms with Gasteiger partial charge in [0.1, 0.15) is 5.41 Å². The van der Waals surface area contributed by atoms with Crippen molar-refractivity contribution in [2.75, 3.05) is 6.54 Å². The number of amides is 2. The molecule has 2 N–H and O–H groups in total. The number of nitrogens with one attached hydrogen (secondary N) is 2. The summed E-state index contributed by atoms with van der Waals surface area (Å²) in [6.07, 6.45) is 0.699. The van der Waals surface area contributed by atoms with E-state index >= 15 is 0 Å². The minimum atomic E-state index is -1.08. The summed E-state index contributed by atoms with van der Waals surface area (Å²) in [7, 11) is 0. The van der Waals surface area contributed by atoms with Crippen molar-refractivity contribution in [3.63, 3.8) is 0 Å². The number of halogens is 1. The zero-order valence-corrected chi connectivity index (χ0v) is 13.8. The fraction of sp³-hybridized carbons (Fsp3) is 0.500. The van der Waals surface area contributed by atoms with Gasteiger partial charge in [0.25, 0.3) is 0 Å². The number of carbonyl (C=O) groups excluding carboxylic acids is 2. The first-order valence-corrected chi connectivity index (χ1v) is 7.45. The van der Waals surface area contributed by atoms with Crippen LogP contribution in [0.2, 0.25) is 5.02 Å². The van der Waals surface area contributed by atoms with Gasteiger partial charge in [-0.3, -0.25) is 9.59 Å². The Labute approximate surface area is 131 Å². The second-order valence-corrected chi connectivity index (χ2v) is 6.32. The molecule has 0 aliphatic heterocycles. The van der Waals surface area contributed by atoms with Crippen LogP contribution in [0, 0.1) is 5.41 Å². The van der Waals surface area contributed by atoms with E-state index in [0.717, 1.165) is 5.56 Å². The first kappa shape index (κ1) is 17.5. The maximum atomic E-state index is 12.1. The molecule has 0 atom stereocenters. The van der Waals surface area contributed by atoms with Crippen LogP contribution >= 0.6 is 11.6 Å². The molecule has 0 spiro atoms. The predicted molar refractivity (Wildman–Crippen MR) is 85.2 cm³/mol. The van der Waals surface area contributed by atoms with Crippen LogP contribution in [0.4, 0.5) is 0 Å². The third-order valence-electron chi connectivity index (χ3n) is 3.17. The van der Waals surface area contributed by atoms with E-state index < -0.39 is 5.41 Å². The lowest BCUT2D eigenvalue weighted by Crippen LogP contribution is -2.49. The van der Waals surface area contributed by atoms with Gasteiger partial charge in [0.15, 0.2) is 0 Å². The molecule has 116 valence electrons. The van der Waals surface area contributed by atoms with E-state index in [9.17, 15) is 9.59 Å². The molecular formula is C16H23ClN2O2. The molecule has 0 bridgehead atoms. The average Bonchev–Trinajstić information content (AvgIpc) is 2.40. The summed E-state index contributed by atoms with van der Waals surface area (Å²) in [5.41, 5.74) is 0.00806. The molecule has 0 aliphatic rings. The fourth-order valence-electron chi connectivity index (χ4n) is 1.74. The summed E-state index contributed by atoms with van der Waals surface area (Å²) in [5, 5.41) is 6.26. The monoisotopic (exact) mass is 310 g/mol. The van der Waals surface area contributed by atoms with Crippen molar-refractivity contribution in [1.82, 2.24) is 10.6 Å². The molecular weight excluding hydrogens is 288 g/mol. The van der Waals surface area contributed by atoms with Crippen LogP contribution in [0.1, 0.15) is 33.3 Å². The molecule has 1 rings (SSSR count). The Hall–Kier alpha value is -1.55. The van der Waals surface area contributed by atoms with Crippen LogP contribution in [0.3, 0.4) is 0 Å². The molecule has 21 heavy (non-hydrogen) atoms. The topological polar surface area (TPSA) is 58.2 Å². The Balaban J connectivity index is 2.48. The van der Waals surface area contributed by atoms with Crippen molar-refractivity contribution in [3.8, 4) is 0 Å². The molecule has 0 saturated carbocycles. The summed E-state index contributed by atoms with van der Waals surface area (Å²) in [5.74, 6) is -0.531. The van der Waals surface area contributed by atoms with Crippen LogP contribution in [-0.4, -0.2) is 24.4 Å². The van der Waals surface area contributed by atoms with Gasteiger partial charge in [-0.05, 0) is 51.8 Å². The second-order valence-electron chi connectivity index (χ2n) is 5.89. The first-order chi connectivity index (χ1) is 9.73. The smallest absolute Gasteiger partial charge is 0.235 e. The van der Waals surface area contributed by atoms with E-state index in [0.29, 0.717) is 18.0 Å². The van der Waals surface area contributed by atoms with Crippen LogP contribution in [0.25, 0.3) is 0 Å². The van der Waals surface area contributed by atoms with E-state index in [2.05, 4.69) is 10.6 Å². The number of rotatable bonds is 6. The van der Waals surface area contributed by atoms with Crippen LogP contribution in [-0.2, 0) is 16.0 Å². The van der Waals surface area contributed by atoms with Crippen LogP contribution in [0.15, 0.2) is 24.3 Å². The van der Waals surface area contributed by atoms with Crippen LogP contribution in [0.5, 0.6) is 0 Å². The number of hydrogen-bond acceptors (Lipinski definition) is 2. The average molecular weight is 311 g/mol. The highest BCUT2D eigenvalue weighted by atomic mass is 35.5. The van der Waals surface area contributed by atoms with E-state index in [-0.39, 0.29) is 17.9 Å². The summed E-state index contributed by atoms with van der Waals surface area (Å²) in [6.45, 7) is 7.47. The first-order valence-electron chi connectivity index (χ1n) is 7.07. The molecule has 0 radical (unpaired) electrons. The maximum absolute atomic E-state index is 12.1. The number of carbonyl (C=O) groups is 2. The molecule has 0 heterocycles. The van der Waals surface area contributed by atoms with Gasteiger partial charge in [-0.25, -0.2) is 0 Å². The van der Waals surface area contributed by atoms with Gasteiger partial charge in [-0.1, -0.05) is 23.7 Å². The predicted octanol–water partition coefficient (Wildman–Crippen LogP) is 2.55. The lowest BCUT2D eigenvalue weighted by molar-refractivity contribution is -0.141. The minimum Gasteiger partial charge on any atom is -0.355 e. The van der Waals surface area contributed by atoms with Gasteiger partial charge >= 0.3 is 0 Å². The Morgan fingerprint density at radius 2 is 1.71 bits per heavy atom. The summed E-state index contributed by atoms with van der Waals surface area (Å²) in [4.78, 5) is 24.1. The highest BCUT2D eigenvalue weighted by Gasteiger charge is 2.35. The molecule has 4 nitrogen and oxygen atoms in total. The Morgan fingerprint density at radius 1 is 1.14 bits per heavy atom. The summed E-state index contributed by atoms with van der Waals surface area (Å²) >= 11 is 5.82. The standard InChI is InChI=1S/C16H23ClN2O2/c1-11(2)19-15(21)16(3,4)14(20)18-10-9-12-5-7-13(17)8-6-12/h5-8,11H,9-10H2,1-4H3,(H,18,20)(H,19,21). The fourth-order valence-corrected chi connectivity index (χ4v) is 1.86. The zero-order chi connectivity index (χ0) is 16.0. The Kier molecular flexibility index (Phi) is 6.21. The van der Waals surface area contributed by atoms with Crippen molar-refractivity contribution in [1.29, 1.82) is 0 Å². The second kappa shape index (κ2) is 7.46. The third kappa shape index (κ3) is 5.38. The van der Waals surface area contributed by atoms with Gasteiger partial charge in [0.2, 0.25) is 11.8 Å². The van der Waals surface area contributed by atoms with Crippen LogP contribution < -0.4 is 10.6 Å². The molecule has 5 heteroatoms. The molecule has 0 unspecified atom stereocenters. The Bertz CT molecular complexity index is 496. The van der Waals surface area contributed by atoms with Crippen molar-refractivity contribution in [2.24, 2.45) is 5.41 Å². The highest BCUT2D eigenvalue weighted by molar-refractivity contribution is 6.30. The normalized spacial score (nSPS) is 11.3. The van der Waals surface area contributed by atoms with Crippen molar-refractivity contribution < 1.29 is 9.59 Å². The zero-order valence-electron chi connectivity index (χ0n) is 13.0. The molecule has 1 aromatic rings. The Morgan fingerprint density at radius 3 is 2.24 bits per heavy atom. The van der Waals surface area contributed by atoms with Crippen molar-refractivity contribution in [3.05, 3.63) is 34.9 Å². The van der Waals surface area contributed by atoms with Gasteiger partial charge in [-0.2, -0.15) is 0 Å². The van der Waals surface area contributed by atoms with E-state index in [4.69, 9.17) is 11.6 Å². The largest absolute Gasteiger partial charge is 0.355 e. The molecule has 0 aliphatic carbocycles. The summed E-state index contributed by atoms with van der Waals surface area (Å²) in [6, 6.07) is 7.49. The lowest BCUT2D eigenvalue weighted by Gasteiger charge is -2.24. The minimum absolute atomic E-state index is 0.0126. The van der Waals surface area contributed by atoms with E-state index in [1.54, 1.807) is 13.8 Å². The molecule has 2 amide bonds. The lowest BCUT2D eigenvalue weighted by atomic mass is 9.90. The van der Waals surface area contributed by atoms with Gasteiger partial charge < -0.3 is 10.6 Å². The van der Waals surface area contributed by atoms with E-state index in [1.807, 2.05) is 38.1 Å². The van der Waals surface area contributed by atoms with Crippen molar-refractivity contribution >= 4 is 23.4 Å². The van der Waals surface area contributed by atoms with Gasteiger partial charge in [0.05, 0.1) is 0 Å². The molecule has 0 fully saturated rings. The maximum Gasteiger partial charge on any atom is 0.235 e. The van der Waals surface area contributed by atoms with Gasteiger partial charge in [-0.15, -0.1) is 0 Å². The van der Waals surface area contributed by atoms with Crippen molar-refractivity contribution in [2.45, 2.75) is 40.2 Å². The molecule has 1 aromatic carbocycles. The number of hydrogen-bond donors (Lipinski definition) is 2. The molecule has 0 aromatic heterocycles. The third-order valence-corrected chi connectivity index (χ3v) is 3.42.